The van der Waals surface area contributed by atoms with Crippen LogP contribution < -0.4 is 0 Å². The van der Waals surface area contributed by atoms with Crippen molar-refractivity contribution in [2.24, 2.45) is 5.11 Å². The van der Waals surface area contributed by atoms with Gasteiger partial charge in [0, 0.05) is 9.93 Å². The van der Waals surface area contributed by atoms with E-state index in [2.05, 4.69) is 10.0 Å². The van der Waals surface area contributed by atoms with E-state index < -0.39 is 10.3 Å². The molecule has 0 spiro atoms. The fourth-order valence-electron chi connectivity index (χ4n) is 0.0924. The van der Waals surface area contributed by atoms with Crippen LogP contribution >= 0.6 is 0 Å². The molecular formula is C2HN3O2S. The average Bonchev–Trinajstić information content (AvgIpc) is 1.66. The lowest BCUT2D eigenvalue weighted by atomic mass is 11.1. The van der Waals surface area contributed by atoms with Gasteiger partial charge < -0.3 is 0 Å². The normalized spacial score (nSPS) is 6.00. The molecule has 42 valence electrons. The number of azide groups is 1. The van der Waals surface area contributed by atoms with Gasteiger partial charge in [0.15, 0.2) is 0 Å². The highest BCUT2D eigenvalue weighted by Gasteiger charge is 1.54. The quantitative estimate of drug-likeness (QED) is 0.218. The molecule has 0 aromatic rings. The summed E-state index contributed by atoms with van der Waals surface area (Å²) >= 11 is 0. The SMILES string of the molecule is [N-]=[N+]=NC=C=S(=O)=O. The first-order chi connectivity index (χ1) is 3.77. The van der Waals surface area contributed by atoms with E-state index in [1.165, 1.54) is 0 Å². The highest BCUT2D eigenvalue weighted by Crippen LogP contribution is 1.62. The summed E-state index contributed by atoms with van der Waals surface area (Å²) < 4.78 is 19.1. The van der Waals surface area contributed by atoms with Gasteiger partial charge in [-0.25, -0.2) is 0 Å². The molecule has 0 saturated heterocycles. The largest absolute Gasteiger partial charge is 0.260 e. The van der Waals surface area contributed by atoms with Crippen LogP contribution in [0.5, 0.6) is 0 Å². The Labute approximate surface area is 46.4 Å². The van der Waals surface area contributed by atoms with Crippen molar-refractivity contribution in [1.82, 2.24) is 0 Å². The summed E-state index contributed by atoms with van der Waals surface area (Å²) in [5.74, 6) is 0. The Morgan fingerprint density at radius 1 is 1.75 bits per heavy atom. The van der Waals surface area contributed by atoms with Crippen molar-refractivity contribution >= 4 is 15.3 Å². The molecule has 0 aliphatic rings. The molecule has 0 heterocycles. The second kappa shape index (κ2) is 3.95. The minimum absolute atomic E-state index is 0.725. The first-order valence-corrected chi connectivity index (χ1v) is 2.56. The van der Waals surface area contributed by atoms with E-state index in [0.29, 0.717) is 0 Å². The van der Waals surface area contributed by atoms with Crippen LogP contribution in [-0.4, -0.2) is 13.4 Å². The molecule has 0 aromatic heterocycles. The highest BCUT2D eigenvalue weighted by atomic mass is 32.2. The van der Waals surface area contributed by atoms with Gasteiger partial charge in [-0.15, -0.1) is 0 Å². The summed E-state index contributed by atoms with van der Waals surface area (Å²) in [6.07, 6.45) is 0.725. The zero-order valence-electron chi connectivity index (χ0n) is 3.64. The molecule has 0 unspecified atom stereocenters. The predicted octanol–water partition coefficient (Wildman–Crippen LogP) is 0.0906. The number of hydrogen-bond acceptors (Lipinski definition) is 3. The average molecular weight is 131 g/mol. The van der Waals surface area contributed by atoms with Gasteiger partial charge in [-0.2, -0.15) is 8.42 Å². The lowest BCUT2D eigenvalue weighted by Crippen LogP contribution is -1.53. The van der Waals surface area contributed by atoms with Crippen molar-refractivity contribution in [2.45, 2.75) is 0 Å². The summed E-state index contributed by atoms with van der Waals surface area (Å²) in [5, 5.41) is 4.48. The zero-order valence-corrected chi connectivity index (χ0v) is 4.46. The molecule has 0 aliphatic carbocycles. The standard InChI is InChI=1S/C2HN3O2S/c3-5-4-1-2-8(6)7/h1H. The third kappa shape index (κ3) is 4.78. The third-order valence-electron chi connectivity index (χ3n) is 0.258. The van der Waals surface area contributed by atoms with E-state index in [1.54, 1.807) is 5.02 Å². The molecule has 0 aromatic carbocycles. The van der Waals surface area contributed by atoms with Crippen LogP contribution in [-0.2, 0) is 10.3 Å². The molecule has 0 radical (unpaired) electrons. The molecule has 0 bridgehead atoms. The Kier molecular flexibility index (Phi) is 3.35. The second-order valence-corrected chi connectivity index (χ2v) is 1.39. The molecule has 5 nitrogen and oxygen atoms in total. The molecule has 0 N–H and O–H groups in total. The van der Waals surface area contributed by atoms with Crippen LogP contribution in [0.2, 0.25) is 0 Å². The molecule has 0 amide bonds. The van der Waals surface area contributed by atoms with E-state index in [1.807, 2.05) is 0 Å². The van der Waals surface area contributed by atoms with Crippen molar-refractivity contribution in [1.29, 1.82) is 0 Å². The molecular weight excluding hydrogens is 130 g/mol. The molecule has 0 rings (SSSR count). The van der Waals surface area contributed by atoms with Crippen LogP contribution in [0.1, 0.15) is 0 Å². The topological polar surface area (TPSA) is 82.9 Å². The molecule has 0 atom stereocenters. The number of nitrogens with zero attached hydrogens (tertiary/aromatic N) is 3. The van der Waals surface area contributed by atoms with Gasteiger partial charge >= 0.3 is 0 Å². The Morgan fingerprint density at radius 3 is 2.75 bits per heavy atom. The van der Waals surface area contributed by atoms with E-state index in [-0.39, 0.29) is 0 Å². The van der Waals surface area contributed by atoms with E-state index >= 15 is 0 Å². The number of rotatable bonds is 1. The summed E-state index contributed by atoms with van der Waals surface area (Å²) in [4.78, 5) is 2.24. The van der Waals surface area contributed by atoms with Crippen molar-refractivity contribution in [2.75, 3.05) is 0 Å². The first-order valence-electron chi connectivity index (χ1n) is 1.48. The van der Waals surface area contributed by atoms with E-state index in [9.17, 15) is 8.42 Å². The van der Waals surface area contributed by atoms with Gasteiger partial charge in [-0.05, 0) is 5.53 Å². The van der Waals surface area contributed by atoms with Crippen molar-refractivity contribution in [3.8, 4) is 0 Å². The van der Waals surface area contributed by atoms with Gasteiger partial charge in [-0.3, -0.25) is 0 Å². The van der Waals surface area contributed by atoms with E-state index in [4.69, 9.17) is 5.53 Å². The summed E-state index contributed by atoms with van der Waals surface area (Å²) in [6.45, 7) is 0. The Bertz CT molecular complexity index is 256. The lowest BCUT2D eigenvalue weighted by molar-refractivity contribution is 0.627. The van der Waals surface area contributed by atoms with E-state index in [0.717, 1.165) is 6.20 Å². The molecule has 8 heavy (non-hydrogen) atoms. The summed E-state index contributed by atoms with van der Waals surface area (Å²) in [7, 11) is -2.39. The summed E-state index contributed by atoms with van der Waals surface area (Å²) in [6, 6.07) is 0. The summed E-state index contributed by atoms with van der Waals surface area (Å²) in [5.41, 5.74) is 7.57. The third-order valence-corrected chi connectivity index (χ3v) is 0.556. The van der Waals surface area contributed by atoms with Crippen molar-refractivity contribution < 1.29 is 8.42 Å². The van der Waals surface area contributed by atoms with Gasteiger partial charge in [0.2, 0.25) is 0 Å². The van der Waals surface area contributed by atoms with Crippen LogP contribution in [0.25, 0.3) is 10.4 Å². The minimum Gasteiger partial charge on any atom is -0.176 e. The Balaban J connectivity index is 4.52. The molecule has 0 aliphatic heterocycles. The molecule has 0 fully saturated rings. The molecule has 6 heteroatoms. The number of hydrogen-bond donors (Lipinski definition) is 0. The minimum atomic E-state index is -2.39. The maximum Gasteiger partial charge on any atom is 0.260 e. The van der Waals surface area contributed by atoms with Gasteiger partial charge in [0.1, 0.15) is 0 Å². The fraction of sp³-hybridized carbons (Fsp3) is 0. The van der Waals surface area contributed by atoms with Crippen molar-refractivity contribution in [3.63, 3.8) is 0 Å². The predicted molar refractivity (Wildman–Crippen MR) is 27.6 cm³/mol. The fourth-order valence-corrected chi connectivity index (χ4v) is 0.226. The monoisotopic (exact) mass is 131 g/mol. The van der Waals surface area contributed by atoms with Crippen LogP contribution in [0.3, 0.4) is 0 Å². The smallest absolute Gasteiger partial charge is 0.176 e. The Morgan fingerprint density at radius 2 is 2.38 bits per heavy atom. The maximum atomic E-state index is 9.55. The highest BCUT2D eigenvalue weighted by molar-refractivity contribution is 7.70. The van der Waals surface area contributed by atoms with Crippen LogP contribution in [0.4, 0.5) is 0 Å². The zero-order chi connectivity index (χ0) is 6.41. The lowest BCUT2D eigenvalue weighted by Gasteiger charge is -1.48. The van der Waals surface area contributed by atoms with Gasteiger partial charge in [-0.1, -0.05) is 5.11 Å². The van der Waals surface area contributed by atoms with Gasteiger partial charge in [0.25, 0.3) is 10.3 Å². The first kappa shape index (κ1) is 6.78. The van der Waals surface area contributed by atoms with Gasteiger partial charge in [0.05, 0.1) is 6.20 Å². The Hall–Kier alpha value is -1.22. The maximum absolute atomic E-state index is 9.55. The van der Waals surface area contributed by atoms with Crippen LogP contribution in [0.15, 0.2) is 11.3 Å². The van der Waals surface area contributed by atoms with Crippen molar-refractivity contribution in [3.05, 3.63) is 16.6 Å². The van der Waals surface area contributed by atoms with Crippen LogP contribution in [0, 0.1) is 0 Å². The second-order valence-electron chi connectivity index (χ2n) is 0.687. The molecule has 0 saturated carbocycles.